The van der Waals surface area contributed by atoms with Crippen LogP contribution in [0.15, 0.2) is 102 Å². The Bertz CT molecular complexity index is 1850. The second-order valence-electron chi connectivity index (χ2n) is 12.2. The first-order valence-corrected chi connectivity index (χ1v) is 17.7. The number of methoxy groups -OCH3 is 2. The fourth-order valence-electron chi connectivity index (χ4n) is 6.17. The summed E-state index contributed by atoms with van der Waals surface area (Å²) in [5.74, 6) is -0.954. The van der Waals surface area contributed by atoms with E-state index in [0.717, 1.165) is 58.8 Å². The summed E-state index contributed by atoms with van der Waals surface area (Å²) in [6.07, 6.45) is 3.97. The number of nitrogens with zero attached hydrogens (tertiary/aromatic N) is 2. The van der Waals surface area contributed by atoms with Gasteiger partial charge in [0.25, 0.3) is 10.0 Å². The van der Waals surface area contributed by atoms with Crippen LogP contribution in [-0.4, -0.2) is 58.0 Å². The molecule has 0 unspecified atom stereocenters. The van der Waals surface area contributed by atoms with Crippen molar-refractivity contribution in [2.75, 3.05) is 25.1 Å². The van der Waals surface area contributed by atoms with Gasteiger partial charge in [0.1, 0.15) is 18.4 Å². The smallest absolute Gasteiger partial charge is 0.264 e. The van der Waals surface area contributed by atoms with Crippen molar-refractivity contribution in [3.05, 3.63) is 120 Å². The van der Waals surface area contributed by atoms with E-state index < -0.39 is 34.3 Å². The molecule has 1 aliphatic rings. The van der Waals surface area contributed by atoms with Crippen molar-refractivity contribution in [3.8, 4) is 11.5 Å². The van der Waals surface area contributed by atoms with Crippen LogP contribution in [0.2, 0.25) is 0 Å². The lowest BCUT2D eigenvalue weighted by molar-refractivity contribution is -0.140. The number of halogens is 1. The summed E-state index contributed by atoms with van der Waals surface area (Å²) in [4.78, 5) is 30.1. The molecule has 258 valence electrons. The quantitative estimate of drug-likeness (QED) is 0.173. The van der Waals surface area contributed by atoms with Crippen molar-refractivity contribution in [2.24, 2.45) is 0 Å². The molecule has 1 atom stereocenters. The average Bonchev–Trinajstić information content (AvgIpc) is 3.62. The Morgan fingerprint density at radius 3 is 2.18 bits per heavy atom. The van der Waals surface area contributed by atoms with Gasteiger partial charge in [-0.3, -0.25) is 13.9 Å². The van der Waals surface area contributed by atoms with Gasteiger partial charge in [0, 0.05) is 25.1 Å². The van der Waals surface area contributed by atoms with Gasteiger partial charge in [-0.15, -0.1) is 0 Å². The number of aryl methyl sites for hydroxylation is 1. The van der Waals surface area contributed by atoms with Crippen molar-refractivity contribution in [1.82, 2.24) is 10.2 Å². The van der Waals surface area contributed by atoms with Crippen molar-refractivity contribution >= 4 is 27.5 Å². The van der Waals surface area contributed by atoms with Gasteiger partial charge < -0.3 is 19.7 Å². The molecule has 11 heteroatoms. The van der Waals surface area contributed by atoms with Crippen molar-refractivity contribution in [1.29, 1.82) is 0 Å². The van der Waals surface area contributed by atoms with E-state index in [9.17, 15) is 22.4 Å². The third-order valence-electron chi connectivity index (χ3n) is 8.74. The summed E-state index contributed by atoms with van der Waals surface area (Å²) in [5, 5.41) is 3.17. The Hall–Kier alpha value is -4.90. The van der Waals surface area contributed by atoms with Crippen LogP contribution in [0.3, 0.4) is 0 Å². The zero-order valence-electron chi connectivity index (χ0n) is 28.0. The average molecular weight is 688 g/mol. The Balaban J connectivity index is 1.58. The summed E-state index contributed by atoms with van der Waals surface area (Å²) in [6, 6.07) is 25.1. The third kappa shape index (κ3) is 8.77. The molecule has 49 heavy (non-hydrogen) atoms. The lowest BCUT2D eigenvalue weighted by Crippen LogP contribution is -2.54. The highest BCUT2D eigenvalue weighted by Gasteiger charge is 2.36. The minimum absolute atomic E-state index is 0.00263. The molecule has 4 aromatic carbocycles. The van der Waals surface area contributed by atoms with E-state index in [1.54, 1.807) is 0 Å². The number of hydrogen-bond acceptors (Lipinski definition) is 6. The lowest BCUT2D eigenvalue weighted by Gasteiger charge is -2.34. The molecule has 0 spiro atoms. The maximum absolute atomic E-state index is 14.7. The SMILES string of the molecule is COc1ccc(S(=O)(=O)N(CC(=O)N(Cc2cccc(C)c2)[C@@H](Cc2ccccc2)C(=O)NC2CCCC2)c2ccc(F)cc2)cc1OC. The summed E-state index contributed by atoms with van der Waals surface area (Å²) in [5.41, 5.74) is 2.69. The van der Waals surface area contributed by atoms with Crippen LogP contribution in [0.25, 0.3) is 0 Å². The number of anilines is 1. The maximum atomic E-state index is 14.7. The van der Waals surface area contributed by atoms with E-state index in [1.165, 1.54) is 49.5 Å². The molecule has 4 aromatic rings. The van der Waals surface area contributed by atoms with Crippen LogP contribution >= 0.6 is 0 Å². The fraction of sp³-hybridized carbons (Fsp3) is 0.316. The number of nitrogens with one attached hydrogen (secondary N) is 1. The summed E-state index contributed by atoms with van der Waals surface area (Å²) < 4.78 is 54.4. The van der Waals surface area contributed by atoms with E-state index in [0.29, 0.717) is 5.75 Å². The Kier molecular flexibility index (Phi) is 11.6. The number of sulfonamides is 1. The monoisotopic (exact) mass is 687 g/mol. The first-order valence-electron chi connectivity index (χ1n) is 16.3. The summed E-state index contributed by atoms with van der Waals surface area (Å²) in [6.45, 7) is 1.34. The summed E-state index contributed by atoms with van der Waals surface area (Å²) >= 11 is 0. The number of benzene rings is 4. The molecule has 0 aliphatic heterocycles. The molecule has 9 nitrogen and oxygen atoms in total. The van der Waals surface area contributed by atoms with E-state index >= 15 is 0 Å². The highest BCUT2D eigenvalue weighted by atomic mass is 32.2. The predicted molar refractivity (Wildman–Crippen MR) is 187 cm³/mol. The number of ether oxygens (including phenoxy) is 2. The second-order valence-corrected chi connectivity index (χ2v) is 14.1. The Labute approximate surface area is 287 Å². The number of carbonyl (C=O) groups excluding carboxylic acids is 2. The fourth-order valence-corrected chi connectivity index (χ4v) is 7.60. The first kappa shape index (κ1) is 35.4. The maximum Gasteiger partial charge on any atom is 0.264 e. The van der Waals surface area contributed by atoms with E-state index in [4.69, 9.17) is 9.47 Å². The number of carbonyl (C=O) groups is 2. The molecule has 1 fully saturated rings. The molecule has 0 radical (unpaired) electrons. The molecular weight excluding hydrogens is 645 g/mol. The minimum atomic E-state index is -4.43. The molecule has 5 rings (SSSR count). The largest absolute Gasteiger partial charge is 0.493 e. The highest BCUT2D eigenvalue weighted by molar-refractivity contribution is 7.92. The van der Waals surface area contributed by atoms with Gasteiger partial charge in [-0.05, 0) is 67.3 Å². The van der Waals surface area contributed by atoms with Crippen LogP contribution in [0.4, 0.5) is 10.1 Å². The number of hydrogen-bond donors (Lipinski definition) is 1. The molecule has 0 bridgehead atoms. The predicted octanol–water partition coefficient (Wildman–Crippen LogP) is 6.05. The second kappa shape index (κ2) is 16.0. The number of amides is 2. The topological polar surface area (TPSA) is 105 Å². The standard InChI is InChI=1S/C38H42FN3O6S/c1-27-10-9-13-29(22-27)25-41(34(23-28-11-5-4-6-12-28)38(44)40-31-14-7-8-15-31)37(43)26-42(32-18-16-30(39)17-19-32)49(45,46)33-20-21-35(47-2)36(24-33)48-3/h4-6,9-13,16-22,24,31,34H,7-8,14-15,23,25-26H2,1-3H3,(H,40,44)/t34-/m0/s1. The van der Waals surface area contributed by atoms with Gasteiger partial charge in [0.2, 0.25) is 11.8 Å². The zero-order valence-corrected chi connectivity index (χ0v) is 28.8. The van der Waals surface area contributed by atoms with Crippen molar-refractivity contribution < 1.29 is 31.9 Å². The Morgan fingerprint density at radius 1 is 0.857 bits per heavy atom. The van der Waals surface area contributed by atoms with Gasteiger partial charge in [0.05, 0.1) is 24.8 Å². The molecule has 1 saturated carbocycles. The molecule has 1 N–H and O–H groups in total. The normalized spacial score (nSPS) is 13.8. The lowest BCUT2D eigenvalue weighted by atomic mass is 10.0. The third-order valence-corrected chi connectivity index (χ3v) is 10.5. The number of rotatable bonds is 14. The van der Waals surface area contributed by atoms with Gasteiger partial charge in [0.15, 0.2) is 11.5 Å². The molecular formula is C38H42FN3O6S. The zero-order chi connectivity index (χ0) is 35.0. The van der Waals surface area contributed by atoms with Crippen LogP contribution in [0.1, 0.15) is 42.4 Å². The van der Waals surface area contributed by atoms with E-state index in [2.05, 4.69) is 5.32 Å². The molecule has 0 saturated heterocycles. The van der Waals surface area contributed by atoms with Crippen molar-refractivity contribution in [2.45, 2.75) is 62.6 Å². The minimum Gasteiger partial charge on any atom is -0.493 e. The molecule has 1 aliphatic carbocycles. The highest BCUT2D eigenvalue weighted by Crippen LogP contribution is 2.32. The van der Waals surface area contributed by atoms with Crippen LogP contribution in [0.5, 0.6) is 11.5 Å². The van der Waals surface area contributed by atoms with Crippen LogP contribution in [0, 0.1) is 12.7 Å². The van der Waals surface area contributed by atoms with Crippen LogP contribution < -0.4 is 19.1 Å². The molecule has 0 heterocycles. The Morgan fingerprint density at radius 2 is 1.53 bits per heavy atom. The first-order chi connectivity index (χ1) is 23.6. The molecule has 2 amide bonds. The van der Waals surface area contributed by atoms with Gasteiger partial charge in [-0.25, -0.2) is 12.8 Å². The van der Waals surface area contributed by atoms with Gasteiger partial charge >= 0.3 is 0 Å². The molecule has 0 aromatic heterocycles. The van der Waals surface area contributed by atoms with Gasteiger partial charge in [-0.1, -0.05) is 73.0 Å². The van der Waals surface area contributed by atoms with Crippen molar-refractivity contribution in [3.63, 3.8) is 0 Å². The van der Waals surface area contributed by atoms with E-state index in [1.807, 2.05) is 61.5 Å². The van der Waals surface area contributed by atoms with E-state index in [-0.39, 0.29) is 41.2 Å². The van der Waals surface area contributed by atoms with Gasteiger partial charge in [-0.2, -0.15) is 0 Å². The van der Waals surface area contributed by atoms with Crippen LogP contribution in [-0.2, 0) is 32.6 Å². The summed E-state index contributed by atoms with van der Waals surface area (Å²) in [7, 11) is -1.60.